The van der Waals surface area contributed by atoms with E-state index in [9.17, 15) is 4.79 Å². The SMILES string of the molecule is CC(=O)Oc1ccc2[nH]cc(CCCCN)c2c1. The van der Waals surface area contributed by atoms with Crippen molar-refractivity contribution in [2.24, 2.45) is 5.73 Å². The minimum absolute atomic E-state index is 0.297. The molecule has 1 heterocycles. The maximum absolute atomic E-state index is 10.9. The van der Waals surface area contributed by atoms with Gasteiger partial charge in [-0.15, -0.1) is 0 Å². The van der Waals surface area contributed by atoms with Crippen molar-refractivity contribution < 1.29 is 9.53 Å². The summed E-state index contributed by atoms with van der Waals surface area (Å²) in [7, 11) is 0. The lowest BCUT2D eigenvalue weighted by Crippen LogP contribution is -2.01. The zero-order valence-electron chi connectivity index (χ0n) is 10.5. The number of aromatic nitrogens is 1. The van der Waals surface area contributed by atoms with Crippen LogP contribution in [0.1, 0.15) is 25.3 Å². The van der Waals surface area contributed by atoms with Crippen LogP contribution in [0.3, 0.4) is 0 Å². The fourth-order valence-corrected chi connectivity index (χ4v) is 2.05. The highest BCUT2D eigenvalue weighted by Crippen LogP contribution is 2.25. The maximum atomic E-state index is 10.9. The maximum Gasteiger partial charge on any atom is 0.308 e. The first-order chi connectivity index (χ1) is 8.70. The summed E-state index contributed by atoms with van der Waals surface area (Å²) in [5, 5.41) is 1.12. The van der Waals surface area contributed by atoms with E-state index in [1.165, 1.54) is 12.5 Å². The molecule has 0 fully saturated rings. The molecule has 0 unspecified atom stereocenters. The van der Waals surface area contributed by atoms with Crippen LogP contribution in [0.25, 0.3) is 10.9 Å². The quantitative estimate of drug-likeness (QED) is 0.483. The number of fused-ring (bicyclic) bond motifs is 1. The van der Waals surface area contributed by atoms with E-state index in [4.69, 9.17) is 10.5 Å². The van der Waals surface area contributed by atoms with Crippen LogP contribution in [0.4, 0.5) is 0 Å². The van der Waals surface area contributed by atoms with Gasteiger partial charge in [-0.3, -0.25) is 4.79 Å². The summed E-state index contributed by atoms with van der Waals surface area (Å²) in [5.74, 6) is 0.296. The minimum Gasteiger partial charge on any atom is -0.427 e. The van der Waals surface area contributed by atoms with Crippen LogP contribution in [0.5, 0.6) is 5.75 Å². The third-order valence-corrected chi connectivity index (χ3v) is 2.90. The number of nitrogens with two attached hydrogens (primary N) is 1. The van der Waals surface area contributed by atoms with Crippen molar-refractivity contribution in [3.8, 4) is 5.75 Å². The van der Waals surface area contributed by atoms with Gasteiger partial charge in [0.1, 0.15) is 5.75 Å². The van der Waals surface area contributed by atoms with Crippen molar-refractivity contribution in [1.82, 2.24) is 4.98 Å². The first kappa shape index (κ1) is 12.6. The topological polar surface area (TPSA) is 68.1 Å². The summed E-state index contributed by atoms with van der Waals surface area (Å²) in [6.07, 6.45) is 5.09. The van der Waals surface area contributed by atoms with Crippen LogP contribution < -0.4 is 10.5 Å². The summed E-state index contributed by atoms with van der Waals surface area (Å²) in [5.41, 5.74) is 7.80. The molecule has 0 aliphatic heterocycles. The fourth-order valence-electron chi connectivity index (χ4n) is 2.05. The van der Waals surface area contributed by atoms with Crippen molar-refractivity contribution in [1.29, 1.82) is 0 Å². The lowest BCUT2D eigenvalue weighted by molar-refractivity contribution is -0.131. The molecular weight excluding hydrogens is 228 g/mol. The van der Waals surface area contributed by atoms with Crippen molar-refractivity contribution in [2.75, 3.05) is 6.54 Å². The van der Waals surface area contributed by atoms with Crippen LogP contribution in [-0.4, -0.2) is 17.5 Å². The highest BCUT2D eigenvalue weighted by molar-refractivity contribution is 5.85. The molecule has 0 saturated heterocycles. The number of unbranched alkanes of at least 4 members (excludes halogenated alkanes) is 1. The molecule has 4 heteroatoms. The number of aryl methyl sites for hydroxylation is 1. The molecule has 96 valence electrons. The zero-order valence-corrected chi connectivity index (χ0v) is 10.5. The van der Waals surface area contributed by atoms with E-state index < -0.39 is 0 Å². The summed E-state index contributed by atoms with van der Waals surface area (Å²) in [6.45, 7) is 2.13. The van der Waals surface area contributed by atoms with E-state index in [1.54, 1.807) is 6.07 Å². The smallest absolute Gasteiger partial charge is 0.308 e. The molecule has 0 radical (unpaired) electrons. The number of esters is 1. The first-order valence-electron chi connectivity index (χ1n) is 6.19. The Hall–Kier alpha value is -1.81. The van der Waals surface area contributed by atoms with Crippen molar-refractivity contribution >= 4 is 16.9 Å². The van der Waals surface area contributed by atoms with Crippen molar-refractivity contribution in [3.05, 3.63) is 30.0 Å². The second-order valence-corrected chi connectivity index (χ2v) is 4.36. The lowest BCUT2D eigenvalue weighted by Gasteiger charge is -2.02. The number of carbonyl (C=O) groups excluding carboxylic acids is 1. The largest absolute Gasteiger partial charge is 0.427 e. The Kier molecular flexibility index (Phi) is 3.99. The Morgan fingerprint density at radius 2 is 2.22 bits per heavy atom. The molecule has 0 amide bonds. The van der Waals surface area contributed by atoms with E-state index in [2.05, 4.69) is 4.98 Å². The minimum atomic E-state index is -0.297. The molecule has 1 aromatic heterocycles. The van der Waals surface area contributed by atoms with Gasteiger partial charge < -0.3 is 15.5 Å². The number of hydrogen-bond acceptors (Lipinski definition) is 3. The molecule has 2 aromatic rings. The Labute approximate surface area is 106 Å². The third kappa shape index (κ3) is 2.90. The van der Waals surface area contributed by atoms with Gasteiger partial charge in [-0.05, 0) is 49.6 Å². The Morgan fingerprint density at radius 3 is 2.94 bits per heavy atom. The molecule has 0 aliphatic rings. The molecule has 18 heavy (non-hydrogen) atoms. The summed E-state index contributed by atoms with van der Waals surface area (Å²) < 4.78 is 5.10. The predicted molar refractivity (Wildman–Crippen MR) is 71.6 cm³/mol. The molecule has 0 spiro atoms. The summed E-state index contributed by atoms with van der Waals surface area (Å²) in [4.78, 5) is 14.2. The fraction of sp³-hybridized carbons (Fsp3) is 0.357. The van der Waals surface area contributed by atoms with Gasteiger partial charge in [0.2, 0.25) is 0 Å². The van der Waals surface area contributed by atoms with Gasteiger partial charge in [0.25, 0.3) is 0 Å². The van der Waals surface area contributed by atoms with Gasteiger partial charge in [-0.25, -0.2) is 0 Å². The molecule has 0 saturated carbocycles. The van der Waals surface area contributed by atoms with Gasteiger partial charge in [0.05, 0.1) is 0 Å². The molecular formula is C14H18N2O2. The van der Waals surface area contributed by atoms with Crippen LogP contribution in [0.2, 0.25) is 0 Å². The number of ether oxygens (including phenoxy) is 1. The van der Waals surface area contributed by atoms with Crippen LogP contribution in [0, 0.1) is 0 Å². The summed E-state index contributed by atoms with van der Waals surface area (Å²) in [6, 6.07) is 5.63. The van der Waals surface area contributed by atoms with Crippen LogP contribution in [-0.2, 0) is 11.2 Å². The third-order valence-electron chi connectivity index (χ3n) is 2.90. The van der Waals surface area contributed by atoms with Crippen molar-refractivity contribution in [2.45, 2.75) is 26.2 Å². The zero-order chi connectivity index (χ0) is 13.0. The van der Waals surface area contributed by atoms with E-state index in [0.717, 1.165) is 36.7 Å². The van der Waals surface area contributed by atoms with Gasteiger partial charge in [-0.1, -0.05) is 0 Å². The average Bonchev–Trinajstić information content (AvgIpc) is 2.72. The van der Waals surface area contributed by atoms with Crippen LogP contribution >= 0.6 is 0 Å². The van der Waals surface area contributed by atoms with E-state index in [1.807, 2.05) is 18.3 Å². The van der Waals surface area contributed by atoms with Crippen LogP contribution in [0.15, 0.2) is 24.4 Å². The average molecular weight is 246 g/mol. The Morgan fingerprint density at radius 1 is 1.39 bits per heavy atom. The molecule has 2 rings (SSSR count). The van der Waals surface area contributed by atoms with E-state index >= 15 is 0 Å². The van der Waals surface area contributed by atoms with E-state index in [-0.39, 0.29) is 5.97 Å². The standard InChI is InChI=1S/C14H18N2O2/c1-10(17)18-12-5-6-14-13(8-12)11(9-16-14)4-2-3-7-15/h5-6,8-9,16H,2-4,7,15H2,1H3. The molecule has 4 nitrogen and oxygen atoms in total. The number of hydrogen-bond donors (Lipinski definition) is 2. The Bertz CT molecular complexity index is 546. The molecule has 1 aromatic carbocycles. The van der Waals surface area contributed by atoms with Gasteiger partial charge >= 0.3 is 5.97 Å². The number of H-pyrrole nitrogens is 1. The summed E-state index contributed by atoms with van der Waals surface area (Å²) >= 11 is 0. The molecule has 0 aliphatic carbocycles. The number of benzene rings is 1. The van der Waals surface area contributed by atoms with Gasteiger partial charge in [0.15, 0.2) is 0 Å². The lowest BCUT2D eigenvalue weighted by atomic mass is 10.1. The van der Waals surface area contributed by atoms with Crippen molar-refractivity contribution in [3.63, 3.8) is 0 Å². The number of nitrogens with one attached hydrogen (secondary N) is 1. The first-order valence-corrected chi connectivity index (χ1v) is 6.19. The highest BCUT2D eigenvalue weighted by Gasteiger charge is 2.06. The number of rotatable bonds is 5. The normalized spacial score (nSPS) is 10.8. The monoisotopic (exact) mass is 246 g/mol. The van der Waals surface area contributed by atoms with Gasteiger partial charge in [-0.2, -0.15) is 0 Å². The highest BCUT2D eigenvalue weighted by atomic mass is 16.5. The molecule has 3 N–H and O–H groups in total. The predicted octanol–water partition coefficient (Wildman–Crippen LogP) is 2.37. The van der Waals surface area contributed by atoms with E-state index in [0.29, 0.717) is 5.75 Å². The Balaban J connectivity index is 2.22. The van der Waals surface area contributed by atoms with Gasteiger partial charge in [0, 0.05) is 24.0 Å². The molecule has 0 atom stereocenters. The second kappa shape index (κ2) is 5.69. The second-order valence-electron chi connectivity index (χ2n) is 4.36. The molecule has 0 bridgehead atoms. The number of aromatic amines is 1. The number of carbonyl (C=O) groups is 1.